The number of carbonyl (C=O) groups excluding carboxylic acids is 1. The molecule has 0 saturated carbocycles. The average Bonchev–Trinajstić information content (AvgIpc) is 2.81. The molecule has 1 aromatic rings. The van der Waals surface area contributed by atoms with Gasteiger partial charge in [0, 0.05) is 18.0 Å². The Morgan fingerprint density at radius 2 is 2.30 bits per heavy atom. The summed E-state index contributed by atoms with van der Waals surface area (Å²) < 4.78 is 5.53. The van der Waals surface area contributed by atoms with E-state index in [2.05, 4.69) is 5.32 Å². The van der Waals surface area contributed by atoms with Crippen molar-refractivity contribution in [1.29, 1.82) is 0 Å². The lowest BCUT2D eigenvalue weighted by Crippen LogP contribution is -2.41. The third-order valence-corrected chi connectivity index (χ3v) is 3.59. The van der Waals surface area contributed by atoms with Gasteiger partial charge in [-0.25, -0.2) is 0 Å². The molecular weight excluding hydrogens is 282 g/mol. The van der Waals surface area contributed by atoms with Crippen LogP contribution in [0.2, 0.25) is 5.02 Å². The van der Waals surface area contributed by atoms with E-state index < -0.39 is 18.0 Å². The Labute approximate surface area is 121 Å². The van der Waals surface area contributed by atoms with Crippen LogP contribution in [0.5, 0.6) is 5.75 Å². The number of halogens is 1. The molecule has 1 heterocycles. The molecule has 0 radical (unpaired) electrons. The fourth-order valence-corrected chi connectivity index (χ4v) is 2.30. The number of ether oxygens (including phenoxy) is 1. The Morgan fingerprint density at radius 3 is 2.95 bits per heavy atom. The second-order valence-corrected chi connectivity index (χ2v) is 5.19. The number of carboxylic acids is 1. The van der Waals surface area contributed by atoms with Crippen LogP contribution in [0.25, 0.3) is 0 Å². The summed E-state index contributed by atoms with van der Waals surface area (Å²) in [6.07, 6.45) is 0.303. The number of benzene rings is 1. The van der Waals surface area contributed by atoms with Gasteiger partial charge in [0.25, 0.3) is 5.91 Å². The number of hydrogen-bond acceptors (Lipinski definition) is 3. The van der Waals surface area contributed by atoms with Crippen LogP contribution in [0.4, 0.5) is 0 Å². The highest BCUT2D eigenvalue weighted by molar-refractivity contribution is 6.30. The van der Waals surface area contributed by atoms with E-state index in [0.29, 0.717) is 23.6 Å². The highest BCUT2D eigenvalue weighted by atomic mass is 35.5. The first-order valence-corrected chi connectivity index (χ1v) is 6.84. The molecule has 2 unspecified atom stereocenters. The molecule has 6 heteroatoms. The Kier molecular flexibility index (Phi) is 4.49. The van der Waals surface area contributed by atoms with Gasteiger partial charge in [0.1, 0.15) is 5.75 Å². The van der Waals surface area contributed by atoms with E-state index in [1.54, 1.807) is 25.1 Å². The zero-order valence-electron chi connectivity index (χ0n) is 11.1. The van der Waals surface area contributed by atoms with Crippen LogP contribution in [0, 0.1) is 5.92 Å². The van der Waals surface area contributed by atoms with Gasteiger partial charge in [-0.05, 0) is 30.2 Å². The van der Waals surface area contributed by atoms with Gasteiger partial charge in [0.05, 0.1) is 5.92 Å². The lowest BCUT2D eigenvalue weighted by molar-refractivity contribution is -0.141. The largest absolute Gasteiger partial charge is 0.481 e. The van der Waals surface area contributed by atoms with Crippen molar-refractivity contribution in [3.63, 3.8) is 0 Å². The normalized spacial score (nSPS) is 18.0. The van der Waals surface area contributed by atoms with Gasteiger partial charge in [-0.1, -0.05) is 18.5 Å². The molecule has 1 aromatic carbocycles. The van der Waals surface area contributed by atoms with Crippen molar-refractivity contribution < 1.29 is 19.4 Å². The van der Waals surface area contributed by atoms with Crippen LogP contribution in [0.1, 0.15) is 18.9 Å². The second kappa shape index (κ2) is 6.13. The summed E-state index contributed by atoms with van der Waals surface area (Å²) in [6, 6.07) is 5.21. The van der Waals surface area contributed by atoms with Crippen LogP contribution in [0.3, 0.4) is 0 Å². The van der Waals surface area contributed by atoms with Crippen molar-refractivity contribution in [2.75, 3.05) is 6.54 Å². The summed E-state index contributed by atoms with van der Waals surface area (Å²) in [4.78, 5) is 22.9. The van der Waals surface area contributed by atoms with E-state index in [9.17, 15) is 9.59 Å². The molecule has 0 aromatic heterocycles. The monoisotopic (exact) mass is 297 g/mol. The summed E-state index contributed by atoms with van der Waals surface area (Å²) in [7, 11) is 0. The zero-order valence-corrected chi connectivity index (χ0v) is 11.8. The minimum atomic E-state index is -0.907. The maximum Gasteiger partial charge on any atom is 0.308 e. The summed E-state index contributed by atoms with van der Waals surface area (Å²) in [5.41, 5.74) is 0.892. The highest BCUT2D eigenvalue weighted by Crippen LogP contribution is 2.31. The molecule has 0 saturated heterocycles. The fourth-order valence-electron chi connectivity index (χ4n) is 2.11. The molecule has 2 atom stereocenters. The number of carbonyl (C=O) groups is 2. The Balaban J connectivity index is 1.91. The van der Waals surface area contributed by atoms with Crippen LogP contribution in [-0.2, 0) is 16.0 Å². The van der Waals surface area contributed by atoms with Crippen molar-refractivity contribution >= 4 is 23.5 Å². The van der Waals surface area contributed by atoms with Gasteiger partial charge in [-0.15, -0.1) is 0 Å². The lowest BCUT2D eigenvalue weighted by atomic mass is 10.1. The van der Waals surface area contributed by atoms with E-state index in [1.165, 1.54) is 0 Å². The number of nitrogens with one attached hydrogen (secondary N) is 1. The molecule has 1 aliphatic rings. The summed E-state index contributed by atoms with van der Waals surface area (Å²) in [6.45, 7) is 1.89. The predicted octanol–water partition coefficient (Wildman–Crippen LogP) is 1.87. The highest BCUT2D eigenvalue weighted by Gasteiger charge is 2.29. The van der Waals surface area contributed by atoms with Crippen LogP contribution in [0.15, 0.2) is 18.2 Å². The first-order valence-electron chi connectivity index (χ1n) is 6.47. The molecular formula is C14H16ClNO4. The molecule has 2 rings (SSSR count). The van der Waals surface area contributed by atoms with E-state index >= 15 is 0 Å². The van der Waals surface area contributed by atoms with Crippen LogP contribution >= 0.6 is 11.6 Å². The molecule has 5 nitrogen and oxygen atoms in total. The fraction of sp³-hybridized carbons (Fsp3) is 0.429. The molecule has 0 bridgehead atoms. The van der Waals surface area contributed by atoms with Gasteiger partial charge in [0.15, 0.2) is 6.10 Å². The van der Waals surface area contributed by atoms with Crippen molar-refractivity contribution in [2.45, 2.75) is 25.9 Å². The second-order valence-electron chi connectivity index (χ2n) is 4.75. The number of amides is 1. The maximum atomic E-state index is 12.0. The first kappa shape index (κ1) is 14.7. The number of hydrogen-bond donors (Lipinski definition) is 2. The molecule has 0 spiro atoms. The topological polar surface area (TPSA) is 75.6 Å². The van der Waals surface area contributed by atoms with Gasteiger partial charge < -0.3 is 15.2 Å². The molecule has 20 heavy (non-hydrogen) atoms. The number of carboxylic acid groups (broad SMARTS) is 1. The number of rotatable bonds is 5. The molecule has 108 valence electrons. The zero-order chi connectivity index (χ0) is 14.7. The molecule has 0 aliphatic carbocycles. The van der Waals surface area contributed by atoms with Gasteiger partial charge in [-0.2, -0.15) is 0 Å². The lowest BCUT2D eigenvalue weighted by Gasteiger charge is -2.14. The Hall–Kier alpha value is -1.75. The van der Waals surface area contributed by atoms with Crippen LogP contribution < -0.4 is 10.1 Å². The SMILES string of the molecule is CCC(CNC(=O)C1Cc2cc(Cl)ccc2O1)C(=O)O. The summed E-state index contributed by atoms with van der Waals surface area (Å²) in [5.74, 6) is -1.12. The van der Waals surface area contributed by atoms with E-state index in [0.717, 1.165) is 5.56 Å². The van der Waals surface area contributed by atoms with E-state index in [4.69, 9.17) is 21.4 Å². The third kappa shape index (κ3) is 3.22. The van der Waals surface area contributed by atoms with Gasteiger partial charge >= 0.3 is 5.97 Å². The minimum absolute atomic E-state index is 0.113. The smallest absolute Gasteiger partial charge is 0.308 e. The minimum Gasteiger partial charge on any atom is -0.481 e. The predicted molar refractivity (Wildman–Crippen MR) is 74.0 cm³/mol. The Morgan fingerprint density at radius 1 is 1.55 bits per heavy atom. The average molecular weight is 298 g/mol. The molecule has 0 fully saturated rings. The van der Waals surface area contributed by atoms with Crippen molar-refractivity contribution in [3.05, 3.63) is 28.8 Å². The quantitative estimate of drug-likeness (QED) is 0.870. The van der Waals surface area contributed by atoms with E-state index in [-0.39, 0.29) is 12.5 Å². The third-order valence-electron chi connectivity index (χ3n) is 3.35. The number of fused-ring (bicyclic) bond motifs is 1. The van der Waals surface area contributed by atoms with Crippen molar-refractivity contribution in [1.82, 2.24) is 5.32 Å². The Bertz CT molecular complexity index is 532. The summed E-state index contributed by atoms with van der Waals surface area (Å²) in [5, 5.41) is 12.2. The van der Waals surface area contributed by atoms with E-state index in [1.807, 2.05) is 0 Å². The number of aliphatic carboxylic acids is 1. The standard InChI is InChI=1S/C14H16ClNO4/c1-2-8(14(18)19)7-16-13(17)12-6-9-5-10(15)3-4-11(9)20-12/h3-5,8,12H,2,6-7H2,1H3,(H,16,17)(H,18,19). The maximum absolute atomic E-state index is 12.0. The molecule has 2 N–H and O–H groups in total. The van der Waals surface area contributed by atoms with Gasteiger partial charge in [-0.3, -0.25) is 9.59 Å². The first-order chi connectivity index (χ1) is 9.51. The summed E-state index contributed by atoms with van der Waals surface area (Å²) >= 11 is 5.89. The van der Waals surface area contributed by atoms with Crippen molar-refractivity contribution in [2.24, 2.45) is 5.92 Å². The molecule has 1 aliphatic heterocycles. The van der Waals surface area contributed by atoms with Crippen molar-refractivity contribution in [3.8, 4) is 5.75 Å². The van der Waals surface area contributed by atoms with Gasteiger partial charge in [0.2, 0.25) is 0 Å². The molecule has 1 amide bonds. The van der Waals surface area contributed by atoms with Crippen LogP contribution in [-0.4, -0.2) is 29.6 Å².